The van der Waals surface area contributed by atoms with Crippen LogP contribution in [0.5, 0.6) is 0 Å². The van der Waals surface area contributed by atoms with E-state index in [2.05, 4.69) is 0 Å². The average molecular weight is 542 g/mol. The highest BCUT2D eigenvalue weighted by atomic mass is 16.4. The molecule has 0 heterocycles. The Labute approximate surface area is 203 Å². The maximum Gasteiger partial charge on any atom is 0.111 e. The molecule has 4 unspecified atom stereocenters. The minimum atomic E-state index is -1.67. The molecule has 0 spiro atoms. The van der Waals surface area contributed by atoms with E-state index in [-0.39, 0.29) is 0 Å². The molecule has 0 saturated heterocycles. The minimum Gasteiger partial charge on any atom is -0.394 e. The molecule has 2 saturated carbocycles. The standard InChI is InChI=1S/2C6H12O6.C6H14O6/c2*7-1-2(8)4(10)6(12)5(11)3(1)9;7-1-3(9)5(11)6(12)4(10)2-8/h2*1-12H;3-12H,1-2H2. The molecule has 4 atom stereocenters. The van der Waals surface area contributed by atoms with Crippen molar-refractivity contribution in [2.45, 2.75) is 97.7 Å². The van der Waals surface area contributed by atoms with Gasteiger partial charge in [-0.05, 0) is 0 Å². The number of hydrogen-bond acceptors (Lipinski definition) is 18. The second-order valence-corrected chi connectivity index (χ2v) is 8.37. The van der Waals surface area contributed by atoms with Gasteiger partial charge in [-0.2, -0.15) is 0 Å². The van der Waals surface area contributed by atoms with Crippen LogP contribution in [0.25, 0.3) is 0 Å². The number of aliphatic hydroxyl groups is 18. The molecule has 0 aliphatic heterocycles. The molecule has 18 N–H and O–H groups in total. The molecular formula is C18H38O18. The van der Waals surface area contributed by atoms with Crippen LogP contribution < -0.4 is 0 Å². The average Bonchev–Trinajstić information content (AvgIpc) is 2.89. The molecule has 18 nitrogen and oxygen atoms in total. The van der Waals surface area contributed by atoms with Crippen LogP contribution >= 0.6 is 0 Å². The molecular weight excluding hydrogens is 504 g/mol. The zero-order valence-corrected chi connectivity index (χ0v) is 18.7. The van der Waals surface area contributed by atoms with Crippen LogP contribution in [0.2, 0.25) is 0 Å². The SMILES string of the molecule is OC1C(O)C(O)C(O)C(O)C1O.OC1C(O)C(O)C(O)C(O)C1O.OCC(O)C(O)C(O)C(O)CO. The van der Waals surface area contributed by atoms with Gasteiger partial charge in [0.2, 0.25) is 0 Å². The molecule has 18 heteroatoms. The molecule has 2 rings (SSSR count). The summed E-state index contributed by atoms with van der Waals surface area (Å²) in [5.41, 5.74) is 0. The van der Waals surface area contributed by atoms with Crippen molar-refractivity contribution < 1.29 is 91.9 Å². The van der Waals surface area contributed by atoms with E-state index in [4.69, 9.17) is 91.9 Å². The fourth-order valence-electron chi connectivity index (χ4n) is 3.10. The summed E-state index contributed by atoms with van der Waals surface area (Å²) in [4.78, 5) is 0. The first-order valence-electron chi connectivity index (χ1n) is 10.6. The van der Waals surface area contributed by atoms with Crippen LogP contribution in [0, 0.1) is 0 Å². The maximum absolute atomic E-state index is 8.97. The van der Waals surface area contributed by atoms with Gasteiger partial charge in [-0.1, -0.05) is 0 Å². The van der Waals surface area contributed by atoms with Crippen molar-refractivity contribution in [2.75, 3.05) is 13.2 Å². The largest absolute Gasteiger partial charge is 0.394 e. The summed E-state index contributed by atoms with van der Waals surface area (Å²) in [5, 5.41) is 160. The van der Waals surface area contributed by atoms with Crippen LogP contribution in [0.1, 0.15) is 0 Å². The molecule has 0 aromatic carbocycles. The van der Waals surface area contributed by atoms with E-state index in [1.54, 1.807) is 0 Å². The summed E-state index contributed by atoms with van der Waals surface area (Å²) in [5.74, 6) is 0. The van der Waals surface area contributed by atoms with Crippen molar-refractivity contribution in [1.82, 2.24) is 0 Å². The normalized spacial score (nSPS) is 44.2. The highest BCUT2D eigenvalue weighted by Crippen LogP contribution is 2.22. The Morgan fingerprint density at radius 1 is 0.306 bits per heavy atom. The Kier molecular flexibility index (Phi) is 15.3. The van der Waals surface area contributed by atoms with Crippen molar-refractivity contribution in [3.05, 3.63) is 0 Å². The van der Waals surface area contributed by atoms with Gasteiger partial charge in [0.05, 0.1) is 13.2 Å². The third kappa shape index (κ3) is 8.66. The highest BCUT2D eigenvalue weighted by molar-refractivity contribution is 4.99. The van der Waals surface area contributed by atoms with Gasteiger partial charge in [-0.25, -0.2) is 0 Å². The molecule has 0 bridgehead atoms. The van der Waals surface area contributed by atoms with Crippen LogP contribution in [0.3, 0.4) is 0 Å². The van der Waals surface area contributed by atoms with Gasteiger partial charge in [-0.3, -0.25) is 0 Å². The molecule has 36 heavy (non-hydrogen) atoms. The van der Waals surface area contributed by atoms with E-state index in [1.807, 2.05) is 0 Å². The monoisotopic (exact) mass is 542 g/mol. The molecule has 0 aromatic rings. The number of rotatable bonds is 5. The Balaban J connectivity index is 0.000000510. The Bertz CT molecular complexity index is 423. The molecule has 0 radical (unpaired) electrons. The summed E-state index contributed by atoms with van der Waals surface area (Å²) in [7, 11) is 0. The quantitative estimate of drug-likeness (QED) is 0.153. The van der Waals surface area contributed by atoms with Crippen molar-refractivity contribution >= 4 is 0 Å². The highest BCUT2D eigenvalue weighted by Gasteiger charge is 2.48. The van der Waals surface area contributed by atoms with Crippen molar-refractivity contribution in [2.24, 2.45) is 0 Å². The van der Waals surface area contributed by atoms with E-state index in [1.165, 1.54) is 0 Å². The third-order valence-electron chi connectivity index (χ3n) is 5.71. The Hall–Kier alpha value is -0.720. The van der Waals surface area contributed by atoms with E-state index < -0.39 is 111 Å². The van der Waals surface area contributed by atoms with Gasteiger partial charge >= 0.3 is 0 Å². The summed E-state index contributed by atoms with van der Waals surface area (Å²) < 4.78 is 0. The lowest BCUT2D eigenvalue weighted by Crippen LogP contribution is -2.63. The Morgan fingerprint density at radius 2 is 0.417 bits per heavy atom. The fourth-order valence-corrected chi connectivity index (χ4v) is 3.10. The summed E-state index contributed by atoms with van der Waals surface area (Å²) >= 11 is 0. The molecule has 0 amide bonds. The molecule has 2 aliphatic rings. The molecule has 218 valence electrons. The number of hydrogen-bond donors (Lipinski definition) is 18. The van der Waals surface area contributed by atoms with E-state index in [0.29, 0.717) is 0 Å². The lowest BCUT2D eigenvalue weighted by atomic mass is 9.85. The smallest absolute Gasteiger partial charge is 0.111 e. The lowest BCUT2D eigenvalue weighted by Gasteiger charge is -2.39. The van der Waals surface area contributed by atoms with Crippen molar-refractivity contribution in [3.63, 3.8) is 0 Å². The van der Waals surface area contributed by atoms with E-state index in [9.17, 15) is 0 Å². The zero-order valence-electron chi connectivity index (χ0n) is 18.7. The van der Waals surface area contributed by atoms with E-state index >= 15 is 0 Å². The van der Waals surface area contributed by atoms with Gasteiger partial charge in [0.25, 0.3) is 0 Å². The molecule has 2 fully saturated rings. The van der Waals surface area contributed by atoms with Crippen LogP contribution in [0.4, 0.5) is 0 Å². The Morgan fingerprint density at radius 3 is 0.500 bits per heavy atom. The number of aliphatic hydroxyl groups excluding tert-OH is 18. The van der Waals surface area contributed by atoms with Gasteiger partial charge in [0.1, 0.15) is 97.7 Å². The minimum absolute atomic E-state index is 0.726. The van der Waals surface area contributed by atoms with Crippen molar-refractivity contribution in [3.8, 4) is 0 Å². The molecule has 0 aromatic heterocycles. The van der Waals surface area contributed by atoms with Gasteiger partial charge in [0.15, 0.2) is 0 Å². The summed E-state index contributed by atoms with van der Waals surface area (Å²) in [6.45, 7) is -1.45. The maximum atomic E-state index is 8.97. The zero-order chi connectivity index (χ0) is 28.7. The van der Waals surface area contributed by atoms with Crippen LogP contribution in [-0.4, -0.2) is 203 Å². The molecule has 2 aliphatic carbocycles. The van der Waals surface area contributed by atoms with Crippen LogP contribution in [-0.2, 0) is 0 Å². The van der Waals surface area contributed by atoms with Gasteiger partial charge < -0.3 is 91.9 Å². The van der Waals surface area contributed by atoms with E-state index in [0.717, 1.165) is 0 Å². The first-order chi connectivity index (χ1) is 16.5. The summed E-state index contributed by atoms with van der Waals surface area (Å²) in [6, 6.07) is 0. The topological polar surface area (TPSA) is 364 Å². The predicted octanol–water partition coefficient (Wildman–Crippen LogP) is -11.3. The van der Waals surface area contributed by atoms with Crippen molar-refractivity contribution in [1.29, 1.82) is 0 Å². The lowest BCUT2D eigenvalue weighted by molar-refractivity contribution is -0.223. The van der Waals surface area contributed by atoms with Crippen LogP contribution in [0.15, 0.2) is 0 Å². The van der Waals surface area contributed by atoms with Gasteiger partial charge in [0, 0.05) is 0 Å². The first-order valence-corrected chi connectivity index (χ1v) is 10.6. The second-order valence-electron chi connectivity index (χ2n) is 8.37. The second kappa shape index (κ2) is 15.6. The predicted molar refractivity (Wildman–Crippen MR) is 110 cm³/mol. The fraction of sp³-hybridized carbons (Fsp3) is 1.00. The third-order valence-corrected chi connectivity index (χ3v) is 5.71. The first kappa shape index (κ1) is 35.3. The summed E-state index contributed by atoms with van der Waals surface area (Å²) in [6.07, 6.45) is -26.1. The van der Waals surface area contributed by atoms with Gasteiger partial charge in [-0.15, -0.1) is 0 Å².